The standard InChI is InChI=1S/C17H24N2O/c1-3-4-13-5-8-15(9-6-13)19-17-11-16(20-2)10-7-14(17)12-18/h7,10-11,13,15,19H,3-6,8-9H2,1-2H3. The number of nitrogens with one attached hydrogen (secondary N) is 1. The van der Waals surface area contributed by atoms with Crippen molar-refractivity contribution in [1.29, 1.82) is 5.26 Å². The highest BCUT2D eigenvalue weighted by atomic mass is 16.5. The van der Waals surface area contributed by atoms with E-state index in [2.05, 4.69) is 18.3 Å². The molecule has 0 heterocycles. The van der Waals surface area contributed by atoms with Crippen LogP contribution in [0.5, 0.6) is 5.75 Å². The summed E-state index contributed by atoms with van der Waals surface area (Å²) in [6.45, 7) is 2.26. The first-order chi connectivity index (χ1) is 9.76. The Morgan fingerprint density at radius 2 is 2.05 bits per heavy atom. The maximum absolute atomic E-state index is 9.19. The minimum atomic E-state index is 0.488. The summed E-state index contributed by atoms with van der Waals surface area (Å²) in [5.74, 6) is 1.70. The molecule has 0 saturated heterocycles. The average Bonchev–Trinajstić information content (AvgIpc) is 2.49. The van der Waals surface area contributed by atoms with Crippen molar-refractivity contribution < 1.29 is 4.74 Å². The van der Waals surface area contributed by atoms with Crippen molar-refractivity contribution >= 4 is 5.69 Å². The Balaban J connectivity index is 1.98. The van der Waals surface area contributed by atoms with E-state index in [4.69, 9.17) is 4.74 Å². The van der Waals surface area contributed by atoms with Crippen LogP contribution in [0.4, 0.5) is 5.69 Å². The number of nitrogens with zero attached hydrogens (tertiary/aromatic N) is 1. The largest absolute Gasteiger partial charge is 0.497 e. The smallest absolute Gasteiger partial charge is 0.121 e. The van der Waals surface area contributed by atoms with Gasteiger partial charge in [-0.15, -0.1) is 0 Å². The van der Waals surface area contributed by atoms with E-state index >= 15 is 0 Å². The van der Waals surface area contributed by atoms with Crippen LogP contribution in [-0.2, 0) is 0 Å². The van der Waals surface area contributed by atoms with Crippen LogP contribution in [0.2, 0.25) is 0 Å². The molecular weight excluding hydrogens is 248 g/mol. The molecule has 0 atom stereocenters. The van der Waals surface area contributed by atoms with Gasteiger partial charge in [0.15, 0.2) is 0 Å². The van der Waals surface area contributed by atoms with Crippen LogP contribution in [0, 0.1) is 17.2 Å². The number of hydrogen-bond acceptors (Lipinski definition) is 3. The monoisotopic (exact) mass is 272 g/mol. The zero-order valence-corrected chi connectivity index (χ0v) is 12.5. The summed E-state index contributed by atoms with van der Waals surface area (Å²) in [6.07, 6.45) is 7.65. The summed E-state index contributed by atoms with van der Waals surface area (Å²) >= 11 is 0. The minimum Gasteiger partial charge on any atom is -0.497 e. The normalized spacial score (nSPS) is 22.1. The maximum Gasteiger partial charge on any atom is 0.121 e. The quantitative estimate of drug-likeness (QED) is 0.867. The van der Waals surface area contributed by atoms with E-state index in [9.17, 15) is 5.26 Å². The molecule has 0 radical (unpaired) electrons. The highest BCUT2D eigenvalue weighted by Gasteiger charge is 2.21. The van der Waals surface area contributed by atoms with Crippen LogP contribution in [0.25, 0.3) is 0 Å². The number of methoxy groups -OCH3 is 1. The van der Waals surface area contributed by atoms with Gasteiger partial charge in [-0.05, 0) is 43.7 Å². The van der Waals surface area contributed by atoms with Gasteiger partial charge in [-0.25, -0.2) is 0 Å². The lowest BCUT2D eigenvalue weighted by Gasteiger charge is -2.30. The Labute approximate surface area is 121 Å². The van der Waals surface area contributed by atoms with Crippen LogP contribution < -0.4 is 10.1 Å². The van der Waals surface area contributed by atoms with Crippen LogP contribution in [0.1, 0.15) is 51.0 Å². The van der Waals surface area contributed by atoms with E-state index in [1.165, 1.54) is 38.5 Å². The number of ether oxygens (including phenoxy) is 1. The Morgan fingerprint density at radius 1 is 1.30 bits per heavy atom. The van der Waals surface area contributed by atoms with E-state index in [0.29, 0.717) is 11.6 Å². The Bertz CT molecular complexity index is 470. The Hall–Kier alpha value is -1.69. The van der Waals surface area contributed by atoms with Gasteiger partial charge in [0.25, 0.3) is 0 Å². The molecule has 1 aromatic rings. The zero-order chi connectivity index (χ0) is 14.4. The number of hydrogen-bond donors (Lipinski definition) is 1. The van der Waals surface area contributed by atoms with Crippen molar-refractivity contribution in [3.63, 3.8) is 0 Å². The zero-order valence-electron chi connectivity index (χ0n) is 12.5. The SMILES string of the molecule is CCCC1CCC(Nc2cc(OC)ccc2C#N)CC1. The molecule has 0 amide bonds. The number of benzene rings is 1. The van der Waals surface area contributed by atoms with Gasteiger partial charge in [0.05, 0.1) is 18.4 Å². The molecule has 1 fully saturated rings. The summed E-state index contributed by atoms with van der Waals surface area (Å²) < 4.78 is 5.24. The molecule has 0 unspecified atom stereocenters. The van der Waals surface area contributed by atoms with Gasteiger partial charge >= 0.3 is 0 Å². The fourth-order valence-corrected chi connectivity index (χ4v) is 3.09. The summed E-state index contributed by atoms with van der Waals surface area (Å²) in [7, 11) is 1.65. The Morgan fingerprint density at radius 3 is 2.65 bits per heavy atom. The molecule has 1 aliphatic carbocycles. The molecule has 1 aromatic carbocycles. The topological polar surface area (TPSA) is 45.0 Å². The van der Waals surface area contributed by atoms with Crippen molar-refractivity contribution in [3.8, 4) is 11.8 Å². The summed E-state index contributed by atoms with van der Waals surface area (Å²) in [5, 5.41) is 12.7. The van der Waals surface area contributed by atoms with E-state index in [0.717, 1.165) is 17.4 Å². The lowest BCUT2D eigenvalue weighted by atomic mass is 9.83. The van der Waals surface area contributed by atoms with E-state index < -0.39 is 0 Å². The van der Waals surface area contributed by atoms with Crippen LogP contribution in [-0.4, -0.2) is 13.2 Å². The van der Waals surface area contributed by atoms with Crippen LogP contribution in [0.3, 0.4) is 0 Å². The first-order valence-electron chi connectivity index (χ1n) is 7.61. The number of rotatable bonds is 5. The molecule has 20 heavy (non-hydrogen) atoms. The van der Waals surface area contributed by atoms with Crippen molar-refractivity contribution in [2.45, 2.75) is 51.5 Å². The second kappa shape index (κ2) is 7.19. The molecule has 1 aliphatic rings. The Kier molecular flexibility index (Phi) is 5.29. The number of anilines is 1. The molecule has 0 bridgehead atoms. The summed E-state index contributed by atoms with van der Waals surface area (Å²) in [5.41, 5.74) is 1.60. The van der Waals surface area contributed by atoms with Gasteiger partial charge in [-0.2, -0.15) is 5.26 Å². The molecule has 3 heteroatoms. The lowest BCUT2D eigenvalue weighted by Crippen LogP contribution is -2.26. The fraction of sp³-hybridized carbons (Fsp3) is 0.588. The predicted octanol–water partition coefficient (Wildman–Crippen LogP) is 4.34. The fourth-order valence-electron chi connectivity index (χ4n) is 3.09. The molecule has 0 spiro atoms. The van der Waals surface area contributed by atoms with Gasteiger partial charge in [-0.3, -0.25) is 0 Å². The third-order valence-electron chi connectivity index (χ3n) is 4.25. The highest BCUT2D eigenvalue weighted by Crippen LogP contribution is 2.31. The van der Waals surface area contributed by atoms with Gasteiger partial charge < -0.3 is 10.1 Å². The van der Waals surface area contributed by atoms with Crippen molar-refractivity contribution in [2.75, 3.05) is 12.4 Å². The van der Waals surface area contributed by atoms with Crippen molar-refractivity contribution in [2.24, 2.45) is 5.92 Å². The molecule has 0 aromatic heterocycles. The van der Waals surface area contributed by atoms with E-state index in [1.807, 2.05) is 18.2 Å². The predicted molar refractivity (Wildman–Crippen MR) is 82.0 cm³/mol. The summed E-state index contributed by atoms with van der Waals surface area (Å²) in [6, 6.07) is 8.32. The maximum atomic E-state index is 9.19. The van der Waals surface area contributed by atoms with Crippen molar-refractivity contribution in [3.05, 3.63) is 23.8 Å². The summed E-state index contributed by atoms with van der Waals surface area (Å²) in [4.78, 5) is 0. The van der Waals surface area contributed by atoms with Gasteiger partial charge in [0, 0.05) is 12.1 Å². The first kappa shape index (κ1) is 14.7. The van der Waals surface area contributed by atoms with E-state index in [-0.39, 0.29) is 0 Å². The molecular formula is C17H24N2O. The second-order valence-corrected chi connectivity index (χ2v) is 5.67. The van der Waals surface area contributed by atoms with E-state index in [1.54, 1.807) is 7.11 Å². The molecule has 108 valence electrons. The van der Waals surface area contributed by atoms with Gasteiger partial charge in [0.1, 0.15) is 11.8 Å². The first-order valence-corrected chi connectivity index (χ1v) is 7.61. The molecule has 0 aliphatic heterocycles. The average molecular weight is 272 g/mol. The van der Waals surface area contributed by atoms with Crippen molar-refractivity contribution in [1.82, 2.24) is 0 Å². The molecule has 1 N–H and O–H groups in total. The minimum absolute atomic E-state index is 0.488. The third-order valence-corrected chi connectivity index (χ3v) is 4.25. The lowest BCUT2D eigenvalue weighted by molar-refractivity contribution is 0.319. The van der Waals surface area contributed by atoms with Crippen LogP contribution >= 0.6 is 0 Å². The third kappa shape index (κ3) is 3.66. The van der Waals surface area contributed by atoms with Crippen LogP contribution in [0.15, 0.2) is 18.2 Å². The molecule has 2 rings (SSSR count). The van der Waals surface area contributed by atoms with Gasteiger partial charge in [-0.1, -0.05) is 19.8 Å². The number of nitriles is 1. The van der Waals surface area contributed by atoms with Gasteiger partial charge in [0.2, 0.25) is 0 Å². The second-order valence-electron chi connectivity index (χ2n) is 5.67. The molecule has 3 nitrogen and oxygen atoms in total. The highest BCUT2D eigenvalue weighted by molar-refractivity contribution is 5.60. The molecule has 1 saturated carbocycles.